The molecular formula is C16H15NO4. The molecule has 0 spiro atoms. The van der Waals surface area contributed by atoms with Crippen molar-refractivity contribution in [3.05, 3.63) is 65.7 Å². The van der Waals surface area contributed by atoms with E-state index < -0.39 is 5.97 Å². The molecule has 1 N–H and O–H groups in total. The Morgan fingerprint density at radius 2 is 1.76 bits per heavy atom. The fourth-order valence-corrected chi connectivity index (χ4v) is 1.82. The topological polar surface area (TPSA) is 68.1 Å². The number of carbonyl (C=O) groups is 1. The molecule has 0 bridgehead atoms. The van der Waals surface area contributed by atoms with E-state index in [4.69, 9.17) is 4.74 Å². The smallest absolute Gasteiger partial charge is 0.358 e. The molecule has 0 saturated heterocycles. The second-order valence-corrected chi connectivity index (χ2v) is 4.20. The Labute approximate surface area is 122 Å². The molecule has 0 heterocycles. The summed E-state index contributed by atoms with van der Waals surface area (Å²) in [6.07, 6.45) is 0. The van der Waals surface area contributed by atoms with Gasteiger partial charge >= 0.3 is 5.97 Å². The molecule has 0 unspecified atom stereocenters. The normalized spacial score (nSPS) is 11.0. The summed E-state index contributed by atoms with van der Waals surface area (Å²) in [6, 6.07) is 16.5. The Morgan fingerprint density at radius 1 is 1.10 bits per heavy atom. The number of rotatable bonds is 6. The summed E-state index contributed by atoms with van der Waals surface area (Å²) in [6.45, 7) is 0.345. The van der Waals surface area contributed by atoms with E-state index in [1.165, 1.54) is 7.11 Å². The molecule has 0 fully saturated rings. The number of carboxylic acids is 1. The summed E-state index contributed by atoms with van der Waals surface area (Å²) >= 11 is 0. The zero-order chi connectivity index (χ0) is 15.1. The predicted molar refractivity (Wildman–Crippen MR) is 78.4 cm³/mol. The van der Waals surface area contributed by atoms with Crippen LogP contribution in [-0.4, -0.2) is 23.9 Å². The molecule has 2 aromatic carbocycles. The van der Waals surface area contributed by atoms with Gasteiger partial charge in [0.15, 0.2) is 5.71 Å². The van der Waals surface area contributed by atoms with Crippen molar-refractivity contribution >= 4 is 11.7 Å². The van der Waals surface area contributed by atoms with Gasteiger partial charge < -0.3 is 14.7 Å². The molecule has 0 radical (unpaired) electrons. The van der Waals surface area contributed by atoms with Gasteiger partial charge in [-0.05, 0) is 17.7 Å². The molecule has 0 atom stereocenters. The molecule has 2 aromatic rings. The maximum atomic E-state index is 11.2. The van der Waals surface area contributed by atoms with Gasteiger partial charge in [0.2, 0.25) is 0 Å². The number of ether oxygens (including phenoxy) is 1. The van der Waals surface area contributed by atoms with Gasteiger partial charge in [-0.3, -0.25) is 0 Å². The molecule has 21 heavy (non-hydrogen) atoms. The van der Waals surface area contributed by atoms with E-state index in [-0.39, 0.29) is 5.71 Å². The van der Waals surface area contributed by atoms with E-state index in [0.717, 1.165) is 5.56 Å². The predicted octanol–water partition coefficient (Wildman–Crippen LogP) is 2.70. The quantitative estimate of drug-likeness (QED) is 0.654. The Bertz CT molecular complexity index is 638. The van der Waals surface area contributed by atoms with Crippen molar-refractivity contribution in [2.75, 3.05) is 7.11 Å². The number of benzene rings is 2. The first-order valence-corrected chi connectivity index (χ1v) is 6.33. The minimum absolute atomic E-state index is 0.193. The van der Waals surface area contributed by atoms with Gasteiger partial charge in [-0.15, -0.1) is 0 Å². The van der Waals surface area contributed by atoms with Gasteiger partial charge in [0.25, 0.3) is 0 Å². The van der Waals surface area contributed by atoms with Gasteiger partial charge in [-0.2, -0.15) is 0 Å². The first kappa shape index (κ1) is 14.6. The Morgan fingerprint density at radius 3 is 2.43 bits per heavy atom. The van der Waals surface area contributed by atoms with Crippen molar-refractivity contribution in [1.82, 2.24) is 0 Å². The first-order chi connectivity index (χ1) is 10.2. The van der Waals surface area contributed by atoms with Crippen LogP contribution in [-0.2, 0) is 16.2 Å². The summed E-state index contributed by atoms with van der Waals surface area (Å²) in [4.78, 5) is 15.8. The van der Waals surface area contributed by atoms with E-state index in [9.17, 15) is 9.90 Å². The Hall–Kier alpha value is -2.82. The zero-order valence-electron chi connectivity index (χ0n) is 11.5. The number of aliphatic carboxylic acids is 1. The summed E-state index contributed by atoms with van der Waals surface area (Å²) < 4.78 is 5.70. The molecule has 0 amide bonds. The molecule has 0 aliphatic rings. The van der Waals surface area contributed by atoms with E-state index in [0.29, 0.717) is 17.9 Å². The fraction of sp³-hybridized carbons (Fsp3) is 0.125. The average Bonchev–Trinajstić information content (AvgIpc) is 2.52. The molecule has 0 saturated carbocycles. The number of para-hydroxylation sites is 1. The molecular weight excluding hydrogens is 270 g/mol. The lowest BCUT2D eigenvalue weighted by molar-refractivity contribution is -0.129. The molecule has 0 aliphatic carbocycles. The van der Waals surface area contributed by atoms with Gasteiger partial charge in [0, 0.05) is 0 Å². The van der Waals surface area contributed by atoms with Gasteiger partial charge in [0.05, 0.1) is 5.56 Å². The monoisotopic (exact) mass is 285 g/mol. The van der Waals surface area contributed by atoms with Crippen molar-refractivity contribution in [2.24, 2.45) is 5.16 Å². The number of carboxylic acid groups (broad SMARTS) is 1. The third kappa shape index (κ3) is 3.82. The van der Waals surface area contributed by atoms with Crippen LogP contribution >= 0.6 is 0 Å². The van der Waals surface area contributed by atoms with Crippen LogP contribution < -0.4 is 4.74 Å². The van der Waals surface area contributed by atoms with Crippen LogP contribution in [0.25, 0.3) is 0 Å². The molecule has 5 heteroatoms. The number of hydrogen-bond acceptors (Lipinski definition) is 4. The van der Waals surface area contributed by atoms with Crippen LogP contribution in [0, 0.1) is 0 Å². The zero-order valence-corrected chi connectivity index (χ0v) is 11.5. The van der Waals surface area contributed by atoms with E-state index in [1.807, 2.05) is 30.3 Å². The second kappa shape index (κ2) is 7.09. The molecule has 0 aliphatic heterocycles. The average molecular weight is 285 g/mol. The Kier molecular flexibility index (Phi) is 4.93. The highest BCUT2D eigenvalue weighted by molar-refractivity contribution is 6.43. The highest BCUT2D eigenvalue weighted by Gasteiger charge is 2.18. The Balaban J connectivity index is 2.24. The maximum absolute atomic E-state index is 11.2. The minimum Gasteiger partial charge on any atom is -0.488 e. The highest BCUT2D eigenvalue weighted by atomic mass is 16.6. The summed E-state index contributed by atoms with van der Waals surface area (Å²) in [5.74, 6) is -0.729. The highest BCUT2D eigenvalue weighted by Crippen LogP contribution is 2.20. The third-order valence-corrected chi connectivity index (χ3v) is 2.76. The minimum atomic E-state index is -1.17. The van der Waals surface area contributed by atoms with Crippen LogP contribution in [0.1, 0.15) is 11.1 Å². The van der Waals surface area contributed by atoms with E-state index in [1.54, 1.807) is 24.3 Å². The molecule has 5 nitrogen and oxygen atoms in total. The third-order valence-electron chi connectivity index (χ3n) is 2.76. The van der Waals surface area contributed by atoms with Crippen molar-refractivity contribution < 1.29 is 19.5 Å². The van der Waals surface area contributed by atoms with Gasteiger partial charge in [0.1, 0.15) is 19.5 Å². The van der Waals surface area contributed by atoms with E-state index in [2.05, 4.69) is 9.99 Å². The molecule has 108 valence electrons. The summed E-state index contributed by atoms with van der Waals surface area (Å²) in [7, 11) is 1.30. The molecule has 2 rings (SSSR count). The molecule has 0 aromatic heterocycles. The lowest BCUT2D eigenvalue weighted by Crippen LogP contribution is -2.16. The van der Waals surface area contributed by atoms with Gasteiger partial charge in [-0.25, -0.2) is 4.79 Å². The SMILES string of the molecule is CO/N=C(/C(=O)O)c1ccccc1OCc1ccccc1. The maximum Gasteiger partial charge on any atom is 0.358 e. The van der Waals surface area contributed by atoms with Crippen LogP contribution in [0.4, 0.5) is 0 Å². The van der Waals surface area contributed by atoms with Crippen molar-refractivity contribution in [3.8, 4) is 5.75 Å². The first-order valence-electron chi connectivity index (χ1n) is 6.33. The van der Waals surface area contributed by atoms with Crippen molar-refractivity contribution in [1.29, 1.82) is 0 Å². The van der Waals surface area contributed by atoms with Crippen LogP contribution in [0.15, 0.2) is 59.8 Å². The van der Waals surface area contributed by atoms with Crippen LogP contribution in [0.5, 0.6) is 5.75 Å². The second-order valence-electron chi connectivity index (χ2n) is 4.20. The van der Waals surface area contributed by atoms with Crippen molar-refractivity contribution in [3.63, 3.8) is 0 Å². The van der Waals surface area contributed by atoms with Crippen molar-refractivity contribution in [2.45, 2.75) is 6.61 Å². The van der Waals surface area contributed by atoms with E-state index >= 15 is 0 Å². The van der Waals surface area contributed by atoms with Crippen LogP contribution in [0.2, 0.25) is 0 Å². The number of oxime groups is 1. The largest absolute Gasteiger partial charge is 0.488 e. The lowest BCUT2D eigenvalue weighted by Gasteiger charge is -2.11. The van der Waals surface area contributed by atoms with Crippen LogP contribution in [0.3, 0.4) is 0 Å². The van der Waals surface area contributed by atoms with Gasteiger partial charge in [-0.1, -0.05) is 47.6 Å². The lowest BCUT2D eigenvalue weighted by atomic mass is 10.1. The fourth-order valence-electron chi connectivity index (χ4n) is 1.82. The number of hydrogen-bond donors (Lipinski definition) is 1. The summed E-state index contributed by atoms with van der Waals surface area (Å²) in [5, 5.41) is 12.7. The summed E-state index contributed by atoms with van der Waals surface area (Å²) in [5.41, 5.74) is 1.18. The number of nitrogens with zero attached hydrogens (tertiary/aromatic N) is 1. The standard InChI is InChI=1S/C16H15NO4/c1-20-17-15(16(18)19)13-9-5-6-10-14(13)21-11-12-7-3-2-4-8-12/h2-10H,11H2,1H3,(H,18,19)/b17-15+.